The number of halogens is 2. The molecule has 2 rings (SSSR count). The molecule has 0 saturated heterocycles. The van der Waals surface area contributed by atoms with Crippen LogP contribution in [0.25, 0.3) is 0 Å². The zero-order valence-corrected chi connectivity index (χ0v) is 11.8. The van der Waals surface area contributed by atoms with Gasteiger partial charge < -0.3 is 5.32 Å². The smallest absolute Gasteiger partial charge is 0.126 e. The highest BCUT2D eigenvalue weighted by Crippen LogP contribution is 2.11. The van der Waals surface area contributed by atoms with E-state index in [1.807, 2.05) is 0 Å². The van der Waals surface area contributed by atoms with Crippen molar-refractivity contribution in [1.82, 2.24) is 5.32 Å². The van der Waals surface area contributed by atoms with Gasteiger partial charge in [-0.15, -0.1) is 0 Å². The second-order valence-electron chi connectivity index (χ2n) is 5.13. The Kier molecular flexibility index (Phi) is 4.85. The lowest BCUT2D eigenvalue weighted by Gasteiger charge is -2.09. The lowest BCUT2D eigenvalue weighted by molar-refractivity contribution is 0.577. The number of aryl methyl sites for hydroxylation is 2. The topological polar surface area (TPSA) is 12.0 Å². The van der Waals surface area contributed by atoms with Crippen molar-refractivity contribution in [3.05, 3.63) is 70.3 Å². The van der Waals surface area contributed by atoms with Crippen molar-refractivity contribution < 1.29 is 8.78 Å². The summed E-state index contributed by atoms with van der Waals surface area (Å²) < 4.78 is 26.1. The maximum Gasteiger partial charge on any atom is 0.126 e. The van der Waals surface area contributed by atoms with E-state index in [4.69, 9.17) is 0 Å². The minimum absolute atomic E-state index is 0.519. The molecular formula is C17H19F2N. The van der Waals surface area contributed by atoms with Gasteiger partial charge in [0.25, 0.3) is 0 Å². The zero-order valence-electron chi connectivity index (χ0n) is 11.8. The normalized spacial score (nSPS) is 10.8. The minimum Gasteiger partial charge on any atom is -0.312 e. The van der Waals surface area contributed by atoms with E-state index in [9.17, 15) is 8.78 Å². The predicted molar refractivity (Wildman–Crippen MR) is 77.7 cm³/mol. The number of nitrogens with one attached hydrogen (secondary N) is 1. The molecule has 0 saturated carbocycles. The Hall–Kier alpha value is -1.74. The van der Waals surface area contributed by atoms with E-state index < -0.39 is 11.6 Å². The van der Waals surface area contributed by atoms with Gasteiger partial charge >= 0.3 is 0 Å². The average Bonchev–Trinajstić information content (AvgIpc) is 2.35. The summed E-state index contributed by atoms with van der Waals surface area (Å²) in [6.45, 7) is 5.62. The van der Waals surface area contributed by atoms with Gasteiger partial charge in [0, 0.05) is 12.6 Å². The van der Waals surface area contributed by atoms with Crippen molar-refractivity contribution in [1.29, 1.82) is 0 Å². The van der Waals surface area contributed by atoms with Crippen molar-refractivity contribution in [2.24, 2.45) is 0 Å². The molecule has 0 radical (unpaired) electrons. The van der Waals surface area contributed by atoms with Crippen molar-refractivity contribution in [3.8, 4) is 0 Å². The quantitative estimate of drug-likeness (QED) is 0.816. The molecule has 0 amide bonds. The van der Waals surface area contributed by atoms with Gasteiger partial charge in [0.15, 0.2) is 0 Å². The maximum atomic E-state index is 13.0. The Bertz CT molecular complexity index is 573. The molecule has 0 aliphatic heterocycles. The molecule has 1 N–H and O–H groups in total. The van der Waals surface area contributed by atoms with Crippen LogP contribution in [0.3, 0.4) is 0 Å². The van der Waals surface area contributed by atoms with Crippen LogP contribution in [-0.2, 0) is 13.0 Å². The fourth-order valence-corrected chi connectivity index (χ4v) is 2.26. The third kappa shape index (κ3) is 4.14. The van der Waals surface area contributed by atoms with Gasteiger partial charge in [-0.05, 0) is 55.6 Å². The predicted octanol–water partition coefficient (Wildman–Crippen LogP) is 3.91. The summed E-state index contributed by atoms with van der Waals surface area (Å²) in [7, 11) is 0. The molecule has 20 heavy (non-hydrogen) atoms. The van der Waals surface area contributed by atoms with E-state index in [2.05, 4.69) is 37.4 Å². The zero-order chi connectivity index (χ0) is 14.5. The fraction of sp³-hybridized carbons (Fsp3) is 0.294. The Morgan fingerprint density at radius 1 is 0.950 bits per heavy atom. The van der Waals surface area contributed by atoms with Gasteiger partial charge in [-0.2, -0.15) is 0 Å². The van der Waals surface area contributed by atoms with Gasteiger partial charge in [0.05, 0.1) is 0 Å². The fourth-order valence-electron chi connectivity index (χ4n) is 2.26. The molecule has 2 aromatic carbocycles. The van der Waals surface area contributed by atoms with E-state index >= 15 is 0 Å². The van der Waals surface area contributed by atoms with Crippen LogP contribution in [0, 0.1) is 25.5 Å². The molecule has 1 nitrogen and oxygen atoms in total. The molecule has 0 aliphatic rings. The van der Waals surface area contributed by atoms with E-state index in [-0.39, 0.29) is 0 Å². The molecule has 0 spiro atoms. The number of hydrogen-bond donors (Lipinski definition) is 1. The lowest BCUT2D eigenvalue weighted by atomic mass is 10.1. The monoisotopic (exact) mass is 275 g/mol. The van der Waals surface area contributed by atoms with Crippen molar-refractivity contribution in [3.63, 3.8) is 0 Å². The molecule has 2 aromatic rings. The van der Waals surface area contributed by atoms with Crippen LogP contribution in [0.4, 0.5) is 8.78 Å². The van der Waals surface area contributed by atoms with E-state index in [1.165, 1.54) is 28.8 Å². The molecular weight excluding hydrogens is 256 g/mol. The van der Waals surface area contributed by atoms with Crippen LogP contribution in [0.15, 0.2) is 36.4 Å². The molecule has 0 fully saturated rings. The standard InChI is InChI=1S/C17H19F2N/c1-12-3-4-15(13(2)7-12)11-20-6-5-14-8-16(18)10-17(19)9-14/h3-4,7-10,20H,5-6,11H2,1-2H3. The van der Waals surface area contributed by atoms with Crippen LogP contribution in [0.2, 0.25) is 0 Å². The van der Waals surface area contributed by atoms with Gasteiger partial charge in [-0.1, -0.05) is 23.8 Å². The Balaban J connectivity index is 1.84. The van der Waals surface area contributed by atoms with E-state index in [1.54, 1.807) is 0 Å². The third-order valence-electron chi connectivity index (χ3n) is 3.33. The second-order valence-corrected chi connectivity index (χ2v) is 5.13. The number of hydrogen-bond acceptors (Lipinski definition) is 1. The molecule has 0 heterocycles. The van der Waals surface area contributed by atoms with Crippen molar-refractivity contribution >= 4 is 0 Å². The summed E-state index contributed by atoms with van der Waals surface area (Å²) in [6.07, 6.45) is 0.611. The van der Waals surface area contributed by atoms with E-state index in [0.717, 1.165) is 12.6 Å². The molecule has 0 unspecified atom stereocenters. The Morgan fingerprint density at radius 2 is 1.65 bits per heavy atom. The van der Waals surface area contributed by atoms with E-state index in [0.29, 0.717) is 18.5 Å². The minimum atomic E-state index is -0.519. The summed E-state index contributed by atoms with van der Waals surface area (Å²) in [4.78, 5) is 0. The van der Waals surface area contributed by atoms with Gasteiger partial charge in [0.2, 0.25) is 0 Å². The summed E-state index contributed by atoms with van der Waals surface area (Å²) >= 11 is 0. The van der Waals surface area contributed by atoms with Crippen LogP contribution in [0.1, 0.15) is 22.3 Å². The maximum absolute atomic E-state index is 13.0. The largest absolute Gasteiger partial charge is 0.312 e. The second kappa shape index (κ2) is 6.62. The number of benzene rings is 2. The van der Waals surface area contributed by atoms with Gasteiger partial charge in [0.1, 0.15) is 11.6 Å². The molecule has 0 atom stereocenters. The SMILES string of the molecule is Cc1ccc(CNCCc2cc(F)cc(F)c2)c(C)c1. The van der Waals surface area contributed by atoms with Crippen LogP contribution < -0.4 is 5.32 Å². The van der Waals surface area contributed by atoms with Crippen LogP contribution >= 0.6 is 0 Å². The van der Waals surface area contributed by atoms with Crippen LogP contribution in [0.5, 0.6) is 0 Å². The third-order valence-corrected chi connectivity index (χ3v) is 3.33. The number of rotatable bonds is 5. The summed E-state index contributed by atoms with van der Waals surface area (Å²) in [5.74, 6) is -1.04. The first kappa shape index (κ1) is 14.7. The van der Waals surface area contributed by atoms with Crippen molar-refractivity contribution in [2.45, 2.75) is 26.8 Å². The molecule has 0 bridgehead atoms. The molecule has 106 valence electrons. The first-order valence-electron chi connectivity index (χ1n) is 6.76. The Morgan fingerprint density at radius 3 is 2.30 bits per heavy atom. The molecule has 0 aromatic heterocycles. The van der Waals surface area contributed by atoms with Crippen molar-refractivity contribution in [2.75, 3.05) is 6.54 Å². The highest BCUT2D eigenvalue weighted by atomic mass is 19.1. The Labute approximate surface area is 118 Å². The molecule has 0 aliphatic carbocycles. The highest BCUT2D eigenvalue weighted by molar-refractivity contribution is 5.30. The summed E-state index contributed by atoms with van der Waals surface area (Å²) in [5, 5.41) is 3.30. The summed E-state index contributed by atoms with van der Waals surface area (Å²) in [6, 6.07) is 10.0. The highest BCUT2D eigenvalue weighted by Gasteiger charge is 2.01. The van der Waals surface area contributed by atoms with Gasteiger partial charge in [-0.25, -0.2) is 8.78 Å². The molecule has 3 heteroatoms. The van der Waals surface area contributed by atoms with Gasteiger partial charge in [-0.3, -0.25) is 0 Å². The first-order chi connectivity index (χ1) is 9.54. The lowest BCUT2D eigenvalue weighted by Crippen LogP contribution is -2.17. The average molecular weight is 275 g/mol. The summed E-state index contributed by atoms with van der Waals surface area (Å²) in [5.41, 5.74) is 4.44. The first-order valence-corrected chi connectivity index (χ1v) is 6.76. The van der Waals surface area contributed by atoms with Crippen LogP contribution in [-0.4, -0.2) is 6.54 Å².